The average molecular weight is 306 g/mol. The minimum atomic E-state index is -0.880. The van der Waals surface area contributed by atoms with Gasteiger partial charge in [0.15, 0.2) is 0 Å². The zero-order valence-corrected chi connectivity index (χ0v) is 13.1. The van der Waals surface area contributed by atoms with Crippen LogP contribution in [0.25, 0.3) is 0 Å². The van der Waals surface area contributed by atoms with E-state index in [1.54, 1.807) is 6.07 Å². The molecule has 2 heterocycles. The second kappa shape index (κ2) is 6.34. The number of carboxylic acids is 1. The molecule has 1 amide bonds. The number of carboxylic acid groups (broad SMARTS) is 1. The molecule has 22 heavy (non-hydrogen) atoms. The van der Waals surface area contributed by atoms with Gasteiger partial charge in [-0.1, -0.05) is 20.8 Å². The Kier molecular flexibility index (Phi) is 4.68. The summed E-state index contributed by atoms with van der Waals surface area (Å²) in [7, 11) is 0. The summed E-state index contributed by atoms with van der Waals surface area (Å²) < 4.78 is 0. The number of likely N-dealkylation sites (tertiary alicyclic amines) is 1. The highest BCUT2D eigenvalue weighted by Gasteiger charge is 2.37. The highest BCUT2D eigenvalue weighted by Crippen LogP contribution is 2.24. The van der Waals surface area contributed by atoms with Crippen molar-refractivity contribution in [2.24, 2.45) is 17.8 Å². The van der Waals surface area contributed by atoms with Crippen LogP contribution in [0.2, 0.25) is 0 Å². The lowest BCUT2D eigenvalue weighted by Crippen LogP contribution is -2.31. The number of nitrogens with zero attached hydrogens (tertiary/aromatic N) is 1. The number of aliphatic carboxylic acids is 1. The molecule has 0 radical (unpaired) electrons. The van der Waals surface area contributed by atoms with Crippen LogP contribution in [-0.2, 0) is 11.2 Å². The normalized spacial score (nSPS) is 21.4. The largest absolute Gasteiger partial charge is 0.481 e. The molecule has 1 aliphatic rings. The van der Waals surface area contributed by atoms with E-state index in [4.69, 9.17) is 5.11 Å². The molecule has 0 saturated carbocycles. The molecule has 2 atom stereocenters. The fourth-order valence-electron chi connectivity index (χ4n) is 2.91. The lowest BCUT2D eigenvalue weighted by molar-refractivity contribution is -0.142. The quantitative estimate of drug-likeness (QED) is 0.879. The van der Waals surface area contributed by atoms with Crippen LogP contribution >= 0.6 is 0 Å². The van der Waals surface area contributed by atoms with Gasteiger partial charge in [-0.3, -0.25) is 14.4 Å². The van der Waals surface area contributed by atoms with E-state index < -0.39 is 11.9 Å². The maximum Gasteiger partial charge on any atom is 0.308 e. The molecule has 1 saturated heterocycles. The molecule has 0 aromatic carbocycles. The first-order valence-corrected chi connectivity index (χ1v) is 7.53. The number of aromatic nitrogens is 1. The van der Waals surface area contributed by atoms with Crippen LogP contribution in [0.15, 0.2) is 16.9 Å². The van der Waals surface area contributed by atoms with Crippen LogP contribution in [-0.4, -0.2) is 40.0 Å². The van der Waals surface area contributed by atoms with Crippen molar-refractivity contribution in [1.29, 1.82) is 0 Å². The third kappa shape index (κ3) is 3.55. The summed E-state index contributed by atoms with van der Waals surface area (Å²) in [5.74, 6) is -1.41. The van der Waals surface area contributed by atoms with Crippen molar-refractivity contribution in [1.82, 2.24) is 9.88 Å². The number of rotatable bonds is 4. The van der Waals surface area contributed by atoms with Gasteiger partial charge in [-0.15, -0.1) is 0 Å². The highest BCUT2D eigenvalue weighted by molar-refractivity contribution is 5.94. The van der Waals surface area contributed by atoms with Crippen molar-refractivity contribution in [2.75, 3.05) is 13.1 Å². The maximum atomic E-state index is 12.5. The molecule has 0 aliphatic carbocycles. The maximum absolute atomic E-state index is 12.5. The van der Waals surface area contributed by atoms with E-state index in [0.29, 0.717) is 24.4 Å². The van der Waals surface area contributed by atoms with E-state index in [9.17, 15) is 14.4 Å². The number of pyridine rings is 1. The van der Waals surface area contributed by atoms with Crippen molar-refractivity contribution >= 4 is 11.9 Å². The molecule has 0 bridgehead atoms. The second-order valence-corrected chi connectivity index (χ2v) is 6.49. The van der Waals surface area contributed by atoms with E-state index in [1.165, 1.54) is 11.0 Å². The smallest absolute Gasteiger partial charge is 0.308 e. The van der Waals surface area contributed by atoms with Gasteiger partial charge in [0.2, 0.25) is 5.56 Å². The third-order valence-electron chi connectivity index (χ3n) is 3.99. The standard InChI is InChI=1S/C16H22N2O4/c1-9(2)4-12-5-11(6-14(19)17-12)15(20)18-7-10(3)13(8-18)16(21)22/h5-6,9-10,13H,4,7-8H2,1-3H3,(H,17,19)(H,21,22)/t10-,13-/m1/s1. The molecule has 2 N–H and O–H groups in total. The molecule has 1 aromatic rings. The first-order valence-electron chi connectivity index (χ1n) is 7.53. The van der Waals surface area contributed by atoms with Gasteiger partial charge in [-0.2, -0.15) is 0 Å². The molecular formula is C16H22N2O4. The molecule has 2 rings (SSSR count). The van der Waals surface area contributed by atoms with Crippen molar-refractivity contribution in [3.05, 3.63) is 33.7 Å². The molecule has 0 spiro atoms. The molecule has 6 nitrogen and oxygen atoms in total. The molecule has 1 aromatic heterocycles. The van der Waals surface area contributed by atoms with Crippen LogP contribution in [0, 0.1) is 17.8 Å². The number of carbonyl (C=O) groups excluding carboxylic acids is 1. The summed E-state index contributed by atoms with van der Waals surface area (Å²) in [5.41, 5.74) is 0.758. The molecule has 6 heteroatoms. The number of H-pyrrole nitrogens is 1. The Morgan fingerprint density at radius 2 is 2.05 bits per heavy atom. The average Bonchev–Trinajstić information content (AvgIpc) is 2.78. The number of hydrogen-bond donors (Lipinski definition) is 2. The van der Waals surface area contributed by atoms with Gasteiger partial charge in [-0.25, -0.2) is 0 Å². The van der Waals surface area contributed by atoms with Gasteiger partial charge in [0.1, 0.15) is 0 Å². The first-order chi connectivity index (χ1) is 10.3. The fraction of sp³-hybridized carbons (Fsp3) is 0.562. The van der Waals surface area contributed by atoms with Crippen molar-refractivity contribution in [3.63, 3.8) is 0 Å². The van der Waals surface area contributed by atoms with E-state index in [0.717, 1.165) is 5.69 Å². The number of amides is 1. The predicted molar refractivity (Wildman–Crippen MR) is 81.8 cm³/mol. The molecular weight excluding hydrogens is 284 g/mol. The Morgan fingerprint density at radius 1 is 1.36 bits per heavy atom. The molecule has 120 valence electrons. The number of hydrogen-bond acceptors (Lipinski definition) is 3. The number of nitrogens with one attached hydrogen (secondary N) is 1. The van der Waals surface area contributed by atoms with Crippen molar-refractivity contribution in [3.8, 4) is 0 Å². The second-order valence-electron chi connectivity index (χ2n) is 6.49. The van der Waals surface area contributed by atoms with Gasteiger partial charge in [-0.05, 0) is 24.3 Å². The van der Waals surface area contributed by atoms with Crippen molar-refractivity contribution < 1.29 is 14.7 Å². The Hall–Kier alpha value is -2.11. The highest BCUT2D eigenvalue weighted by atomic mass is 16.4. The Morgan fingerprint density at radius 3 is 2.59 bits per heavy atom. The zero-order valence-electron chi connectivity index (χ0n) is 13.1. The monoisotopic (exact) mass is 306 g/mol. The zero-order chi connectivity index (χ0) is 16.4. The van der Waals surface area contributed by atoms with E-state index in [1.807, 2.05) is 20.8 Å². The lowest BCUT2D eigenvalue weighted by atomic mass is 9.99. The third-order valence-corrected chi connectivity index (χ3v) is 3.99. The number of aromatic amines is 1. The topological polar surface area (TPSA) is 90.5 Å². The molecule has 1 aliphatic heterocycles. The summed E-state index contributed by atoms with van der Waals surface area (Å²) in [6, 6.07) is 2.98. The van der Waals surface area contributed by atoms with Gasteiger partial charge >= 0.3 is 5.97 Å². The summed E-state index contributed by atoms with van der Waals surface area (Å²) >= 11 is 0. The van der Waals surface area contributed by atoms with Crippen LogP contribution in [0.1, 0.15) is 36.8 Å². The summed E-state index contributed by atoms with van der Waals surface area (Å²) in [5, 5.41) is 9.15. The minimum Gasteiger partial charge on any atom is -0.481 e. The number of carbonyl (C=O) groups is 2. The molecule has 0 unspecified atom stereocenters. The van der Waals surface area contributed by atoms with Crippen LogP contribution in [0.3, 0.4) is 0 Å². The van der Waals surface area contributed by atoms with E-state index in [-0.39, 0.29) is 23.9 Å². The first kappa shape index (κ1) is 16.3. The Bertz CT molecular complexity index is 635. The minimum absolute atomic E-state index is 0.0846. The van der Waals surface area contributed by atoms with Crippen LogP contribution in [0.4, 0.5) is 0 Å². The predicted octanol–water partition coefficient (Wildman–Crippen LogP) is 1.37. The molecule has 1 fully saturated rings. The van der Waals surface area contributed by atoms with Gasteiger partial charge in [0, 0.05) is 30.4 Å². The van der Waals surface area contributed by atoms with E-state index >= 15 is 0 Å². The van der Waals surface area contributed by atoms with Gasteiger partial charge in [0.25, 0.3) is 5.91 Å². The van der Waals surface area contributed by atoms with E-state index in [2.05, 4.69) is 4.98 Å². The Balaban J connectivity index is 2.21. The summed E-state index contributed by atoms with van der Waals surface area (Å²) in [6.45, 7) is 6.50. The van der Waals surface area contributed by atoms with Crippen LogP contribution in [0.5, 0.6) is 0 Å². The van der Waals surface area contributed by atoms with Gasteiger partial charge in [0.05, 0.1) is 5.92 Å². The van der Waals surface area contributed by atoms with Crippen LogP contribution < -0.4 is 5.56 Å². The Labute approximate surface area is 129 Å². The summed E-state index contributed by atoms with van der Waals surface area (Å²) in [4.78, 5) is 39.7. The fourth-order valence-corrected chi connectivity index (χ4v) is 2.91. The van der Waals surface area contributed by atoms with Crippen molar-refractivity contribution in [2.45, 2.75) is 27.2 Å². The summed E-state index contributed by atoms with van der Waals surface area (Å²) in [6.07, 6.45) is 0.685. The SMILES string of the molecule is CC(C)Cc1cc(C(=O)N2C[C@@H](C)[C@H](C(=O)O)C2)cc(=O)[nH]1. The van der Waals surface area contributed by atoms with Gasteiger partial charge < -0.3 is 15.0 Å². The lowest BCUT2D eigenvalue weighted by Gasteiger charge is -2.16.